The standard InChI is InChI=1S/C12H24O/c1-5-8-12(6-2)9-7-10-13-11(3)4/h12H,3,5-10H2,1-2,4H3. The number of hydrogen-bond donors (Lipinski definition) is 0. The Morgan fingerprint density at radius 3 is 2.46 bits per heavy atom. The van der Waals surface area contributed by atoms with Crippen LogP contribution in [0.1, 0.15) is 52.9 Å². The van der Waals surface area contributed by atoms with E-state index in [1.54, 1.807) is 0 Å². The van der Waals surface area contributed by atoms with Crippen molar-refractivity contribution in [3.05, 3.63) is 12.3 Å². The van der Waals surface area contributed by atoms with E-state index in [9.17, 15) is 0 Å². The summed E-state index contributed by atoms with van der Waals surface area (Å²) in [4.78, 5) is 0. The van der Waals surface area contributed by atoms with Crippen molar-refractivity contribution >= 4 is 0 Å². The summed E-state index contributed by atoms with van der Waals surface area (Å²) in [7, 11) is 0. The molecule has 0 spiro atoms. The molecule has 0 N–H and O–H groups in total. The van der Waals surface area contributed by atoms with Gasteiger partial charge < -0.3 is 4.74 Å². The SMILES string of the molecule is C=C(C)OCCCC(CC)CCC. The van der Waals surface area contributed by atoms with E-state index in [1.807, 2.05) is 6.92 Å². The number of hydrogen-bond acceptors (Lipinski definition) is 1. The van der Waals surface area contributed by atoms with Crippen molar-refractivity contribution in [1.82, 2.24) is 0 Å². The third kappa shape index (κ3) is 7.89. The largest absolute Gasteiger partial charge is 0.499 e. The monoisotopic (exact) mass is 184 g/mol. The van der Waals surface area contributed by atoms with Gasteiger partial charge >= 0.3 is 0 Å². The van der Waals surface area contributed by atoms with Gasteiger partial charge in [-0.25, -0.2) is 0 Å². The zero-order valence-electron chi connectivity index (χ0n) is 9.44. The van der Waals surface area contributed by atoms with E-state index >= 15 is 0 Å². The van der Waals surface area contributed by atoms with Crippen LogP contribution >= 0.6 is 0 Å². The molecule has 13 heavy (non-hydrogen) atoms. The van der Waals surface area contributed by atoms with E-state index in [0.29, 0.717) is 0 Å². The first-order valence-corrected chi connectivity index (χ1v) is 5.49. The van der Waals surface area contributed by atoms with Gasteiger partial charge in [-0.2, -0.15) is 0 Å². The van der Waals surface area contributed by atoms with Crippen molar-refractivity contribution in [2.45, 2.75) is 52.9 Å². The number of ether oxygens (including phenoxy) is 1. The average Bonchev–Trinajstić information content (AvgIpc) is 2.10. The molecule has 0 aliphatic rings. The van der Waals surface area contributed by atoms with Gasteiger partial charge in [0.05, 0.1) is 12.4 Å². The second kappa shape index (κ2) is 8.15. The second-order valence-electron chi connectivity index (χ2n) is 3.76. The molecule has 0 saturated heterocycles. The quantitative estimate of drug-likeness (QED) is 0.407. The Bertz CT molecular complexity index is 129. The molecule has 0 aromatic heterocycles. The highest BCUT2D eigenvalue weighted by molar-refractivity contribution is 4.73. The summed E-state index contributed by atoms with van der Waals surface area (Å²) in [6, 6.07) is 0. The molecular formula is C12H24O. The molecule has 0 aromatic carbocycles. The minimum absolute atomic E-state index is 0.837. The Kier molecular flexibility index (Phi) is 7.86. The van der Waals surface area contributed by atoms with Gasteiger partial charge in [0.25, 0.3) is 0 Å². The Hall–Kier alpha value is -0.460. The zero-order chi connectivity index (χ0) is 10.1. The molecule has 0 aliphatic heterocycles. The van der Waals surface area contributed by atoms with Gasteiger partial charge in [0.1, 0.15) is 0 Å². The molecule has 0 aliphatic carbocycles. The topological polar surface area (TPSA) is 9.23 Å². The van der Waals surface area contributed by atoms with Gasteiger partial charge in [-0.05, 0) is 25.7 Å². The molecule has 0 saturated carbocycles. The molecular weight excluding hydrogens is 160 g/mol. The molecule has 1 heteroatoms. The van der Waals surface area contributed by atoms with Gasteiger partial charge in [0.15, 0.2) is 0 Å². The lowest BCUT2D eigenvalue weighted by Crippen LogP contribution is -2.01. The smallest absolute Gasteiger partial charge is 0.0877 e. The van der Waals surface area contributed by atoms with Gasteiger partial charge in [0, 0.05) is 0 Å². The van der Waals surface area contributed by atoms with Crippen LogP contribution in [0.2, 0.25) is 0 Å². The van der Waals surface area contributed by atoms with Crippen LogP contribution in [0.25, 0.3) is 0 Å². The molecule has 0 radical (unpaired) electrons. The van der Waals surface area contributed by atoms with Gasteiger partial charge in [0.2, 0.25) is 0 Å². The van der Waals surface area contributed by atoms with Gasteiger partial charge in [-0.1, -0.05) is 39.7 Å². The fourth-order valence-corrected chi connectivity index (χ4v) is 1.58. The number of allylic oxidation sites excluding steroid dienone is 1. The molecule has 1 nitrogen and oxygen atoms in total. The first-order valence-electron chi connectivity index (χ1n) is 5.49. The highest BCUT2D eigenvalue weighted by Gasteiger charge is 2.04. The predicted octanol–water partition coefficient (Wildman–Crippen LogP) is 4.14. The van der Waals surface area contributed by atoms with Crippen molar-refractivity contribution in [3.8, 4) is 0 Å². The first kappa shape index (κ1) is 12.5. The van der Waals surface area contributed by atoms with Gasteiger partial charge in [-0.15, -0.1) is 0 Å². The van der Waals surface area contributed by atoms with Crippen LogP contribution in [0.4, 0.5) is 0 Å². The zero-order valence-corrected chi connectivity index (χ0v) is 9.44. The van der Waals surface area contributed by atoms with E-state index in [-0.39, 0.29) is 0 Å². The lowest BCUT2D eigenvalue weighted by atomic mass is 9.96. The van der Waals surface area contributed by atoms with Crippen LogP contribution in [0.3, 0.4) is 0 Å². The molecule has 0 bridgehead atoms. The molecule has 0 fully saturated rings. The van der Waals surface area contributed by atoms with Crippen molar-refractivity contribution in [3.63, 3.8) is 0 Å². The molecule has 78 valence electrons. The van der Waals surface area contributed by atoms with Crippen LogP contribution in [-0.4, -0.2) is 6.61 Å². The normalized spacial score (nSPS) is 12.5. The minimum atomic E-state index is 0.837. The van der Waals surface area contributed by atoms with Crippen molar-refractivity contribution in [1.29, 1.82) is 0 Å². The van der Waals surface area contributed by atoms with Crippen LogP contribution in [0, 0.1) is 5.92 Å². The Balaban J connectivity index is 3.32. The molecule has 0 rings (SSSR count). The Labute approximate surface area is 83.2 Å². The first-order chi connectivity index (χ1) is 6.20. The Morgan fingerprint density at radius 1 is 1.31 bits per heavy atom. The fourth-order valence-electron chi connectivity index (χ4n) is 1.58. The van der Waals surface area contributed by atoms with E-state index in [1.165, 1.54) is 32.1 Å². The third-order valence-electron chi connectivity index (χ3n) is 2.38. The summed E-state index contributed by atoms with van der Waals surface area (Å²) in [6.45, 7) is 11.0. The summed E-state index contributed by atoms with van der Waals surface area (Å²) in [5, 5.41) is 0. The van der Waals surface area contributed by atoms with E-state index in [4.69, 9.17) is 4.74 Å². The summed E-state index contributed by atoms with van der Waals surface area (Å²) in [6.07, 6.45) is 6.45. The Morgan fingerprint density at radius 2 is 2.00 bits per heavy atom. The molecule has 0 aromatic rings. The molecule has 1 atom stereocenters. The van der Waals surface area contributed by atoms with E-state index in [2.05, 4.69) is 20.4 Å². The van der Waals surface area contributed by atoms with Crippen molar-refractivity contribution in [2.75, 3.05) is 6.61 Å². The summed E-state index contributed by atoms with van der Waals surface area (Å²) >= 11 is 0. The number of rotatable bonds is 8. The predicted molar refractivity (Wildman–Crippen MR) is 58.7 cm³/mol. The summed E-state index contributed by atoms with van der Waals surface area (Å²) < 4.78 is 5.32. The lowest BCUT2D eigenvalue weighted by Gasteiger charge is -2.13. The van der Waals surface area contributed by atoms with Crippen molar-refractivity contribution in [2.24, 2.45) is 5.92 Å². The van der Waals surface area contributed by atoms with Crippen LogP contribution < -0.4 is 0 Å². The van der Waals surface area contributed by atoms with E-state index in [0.717, 1.165) is 18.3 Å². The van der Waals surface area contributed by atoms with Crippen LogP contribution in [0.15, 0.2) is 12.3 Å². The minimum Gasteiger partial charge on any atom is -0.499 e. The van der Waals surface area contributed by atoms with Crippen molar-refractivity contribution < 1.29 is 4.74 Å². The highest BCUT2D eigenvalue weighted by atomic mass is 16.5. The molecule has 0 amide bonds. The van der Waals surface area contributed by atoms with Crippen LogP contribution in [0.5, 0.6) is 0 Å². The summed E-state index contributed by atoms with van der Waals surface area (Å²) in [5.41, 5.74) is 0. The molecule has 1 unspecified atom stereocenters. The lowest BCUT2D eigenvalue weighted by molar-refractivity contribution is 0.201. The average molecular weight is 184 g/mol. The van der Waals surface area contributed by atoms with Crippen LogP contribution in [-0.2, 0) is 4.74 Å². The maximum Gasteiger partial charge on any atom is 0.0877 e. The fraction of sp³-hybridized carbons (Fsp3) is 0.833. The highest BCUT2D eigenvalue weighted by Crippen LogP contribution is 2.17. The molecule has 0 heterocycles. The van der Waals surface area contributed by atoms with Gasteiger partial charge in [-0.3, -0.25) is 0 Å². The third-order valence-corrected chi connectivity index (χ3v) is 2.38. The van der Waals surface area contributed by atoms with E-state index < -0.39 is 0 Å². The maximum absolute atomic E-state index is 5.32. The second-order valence-corrected chi connectivity index (χ2v) is 3.76. The maximum atomic E-state index is 5.32. The summed E-state index contributed by atoms with van der Waals surface area (Å²) in [5.74, 6) is 1.74.